The summed E-state index contributed by atoms with van der Waals surface area (Å²) in [4.78, 5) is 4.71. The van der Waals surface area contributed by atoms with Gasteiger partial charge in [-0.25, -0.2) is 4.99 Å². The summed E-state index contributed by atoms with van der Waals surface area (Å²) in [6.07, 6.45) is 24.6. The minimum absolute atomic E-state index is 0.315. The van der Waals surface area contributed by atoms with Crippen molar-refractivity contribution in [1.82, 2.24) is 0 Å². The summed E-state index contributed by atoms with van der Waals surface area (Å²) in [5.74, 6) is 1.25. The zero-order valence-electron chi connectivity index (χ0n) is 19.3. The molecule has 0 fully saturated rings. The number of amidine groups is 1. The van der Waals surface area contributed by atoms with Crippen LogP contribution in [0, 0.1) is 0 Å². The number of rotatable bonds is 18. The molecular weight excluding hydrogens is 344 g/mol. The number of hydrogen-bond donors (Lipinski definition) is 1. The first-order valence-electron chi connectivity index (χ1n) is 12.4. The van der Waals surface area contributed by atoms with Gasteiger partial charge in [0.05, 0.1) is 13.1 Å². The molecule has 0 amide bonds. The van der Waals surface area contributed by atoms with Crippen molar-refractivity contribution in [2.24, 2.45) is 4.99 Å². The molecule has 0 saturated heterocycles. The van der Waals surface area contributed by atoms with Crippen molar-refractivity contribution in [2.45, 2.75) is 123 Å². The molecule has 2 atom stereocenters. The molecule has 0 radical (unpaired) electrons. The van der Waals surface area contributed by atoms with Gasteiger partial charge in [-0.2, -0.15) is 0 Å². The average molecular weight is 394 g/mol. The molecule has 3 heteroatoms. The van der Waals surface area contributed by atoms with E-state index in [0.29, 0.717) is 0 Å². The zero-order valence-corrected chi connectivity index (χ0v) is 19.3. The van der Waals surface area contributed by atoms with E-state index in [1.165, 1.54) is 95.7 Å². The highest BCUT2D eigenvalue weighted by Crippen LogP contribution is 2.23. The summed E-state index contributed by atoms with van der Waals surface area (Å²) in [5.41, 5.74) is 0. The van der Waals surface area contributed by atoms with E-state index in [-0.39, 0.29) is 6.23 Å². The number of nitrogens with zero attached hydrogens (tertiary/aromatic N) is 2. The molecule has 2 unspecified atom stereocenters. The van der Waals surface area contributed by atoms with Gasteiger partial charge in [-0.3, -0.25) is 4.48 Å². The van der Waals surface area contributed by atoms with Gasteiger partial charge in [0.2, 0.25) is 5.84 Å². The molecule has 1 heterocycles. The molecule has 3 nitrogen and oxygen atoms in total. The summed E-state index contributed by atoms with van der Waals surface area (Å²) < 4.78 is 0.718. The van der Waals surface area contributed by atoms with Crippen LogP contribution in [-0.2, 0) is 0 Å². The highest BCUT2D eigenvalue weighted by atomic mass is 16.3. The van der Waals surface area contributed by atoms with Crippen molar-refractivity contribution in [3.63, 3.8) is 0 Å². The Kier molecular flexibility index (Phi) is 14.6. The highest BCUT2D eigenvalue weighted by molar-refractivity contribution is 5.76. The van der Waals surface area contributed by atoms with Crippen LogP contribution in [0.25, 0.3) is 0 Å². The summed E-state index contributed by atoms with van der Waals surface area (Å²) in [6.45, 7) is 9.06. The Morgan fingerprint density at radius 2 is 1.39 bits per heavy atom. The predicted molar refractivity (Wildman–Crippen MR) is 124 cm³/mol. The van der Waals surface area contributed by atoms with E-state index in [4.69, 9.17) is 4.99 Å². The second-order valence-electron chi connectivity index (χ2n) is 8.71. The van der Waals surface area contributed by atoms with Gasteiger partial charge in [-0.05, 0) is 33.1 Å². The van der Waals surface area contributed by atoms with Gasteiger partial charge in [-0.15, -0.1) is 0 Å². The van der Waals surface area contributed by atoms with E-state index >= 15 is 0 Å². The molecule has 0 saturated carbocycles. The fourth-order valence-corrected chi connectivity index (χ4v) is 4.59. The van der Waals surface area contributed by atoms with Gasteiger partial charge < -0.3 is 5.11 Å². The van der Waals surface area contributed by atoms with Crippen LogP contribution in [-0.4, -0.2) is 41.3 Å². The minimum Gasteiger partial charge on any atom is -0.345 e. The fraction of sp³-hybridized carbons (Fsp3) is 0.880. The van der Waals surface area contributed by atoms with E-state index in [2.05, 4.69) is 26.0 Å². The number of aliphatic imine (C=N–C) groups is 1. The third kappa shape index (κ3) is 9.69. The molecule has 0 bridgehead atoms. The van der Waals surface area contributed by atoms with Gasteiger partial charge in [0.15, 0.2) is 6.23 Å². The lowest BCUT2D eigenvalue weighted by Crippen LogP contribution is -2.56. The molecule has 1 aliphatic rings. The van der Waals surface area contributed by atoms with Gasteiger partial charge in [-0.1, -0.05) is 82.8 Å². The van der Waals surface area contributed by atoms with Crippen LogP contribution in [0.1, 0.15) is 117 Å². The Hall–Kier alpha value is -0.670. The van der Waals surface area contributed by atoms with Crippen LogP contribution in [0.2, 0.25) is 0 Å². The number of quaternary nitrogens is 1. The maximum atomic E-state index is 10.2. The Morgan fingerprint density at radius 1 is 0.893 bits per heavy atom. The van der Waals surface area contributed by atoms with Crippen molar-refractivity contribution < 1.29 is 9.59 Å². The van der Waals surface area contributed by atoms with Crippen molar-refractivity contribution >= 4 is 5.84 Å². The molecule has 1 N–H and O–H groups in total. The molecule has 1 aliphatic heterocycles. The maximum Gasteiger partial charge on any atom is 0.200 e. The normalized spacial score (nSPS) is 20.8. The van der Waals surface area contributed by atoms with Gasteiger partial charge in [0.25, 0.3) is 0 Å². The molecule has 0 aromatic rings. The monoisotopic (exact) mass is 393 g/mol. The summed E-state index contributed by atoms with van der Waals surface area (Å²) in [7, 11) is 0. The third-order valence-corrected chi connectivity index (χ3v) is 6.59. The van der Waals surface area contributed by atoms with Crippen LogP contribution in [0.15, 0.2) is 17.1 Å². The van der Waals surface area contributed by atoms with E-state index in [0.717, 1.165) is 30.5 Å². The van der Waals surface area contributed by atoms with Crippen LogP contribution >= 0.6 is 0 Å². The molecule has 0 spiro atoms. The first-order chi connectivity index (χ1) is 13.7. The summed E-state index contributed by atoms with van der Waals surface area (Å²) in [5, 5.41) is 10.2. The molecular formula is C25H49N2O+. The lowest BCUT2D eigenvalue weighted by Gasteiger charge is -2.36. The topological polar surface area (TPSA) is 32.6 Å². The number of hydrogen-bond acceptors (Lipinski definition) is 2. The van der Waals surface area contributed by atoms with E-state index in [9.17, 15) is 5.11 Å². The van der Waals surface area contributed by atoms with Crippen molar-refractivity contribution in [3.8, 4) is 0 Å². The van der Waals surface area contributed by atoms with Crippen LogP contribution < -0.4 is 0 Å². The summed E-state index contributed by atoms with van der Waals surface area (Å²) in [6, 6.07) is 0. The fourth-order valence-electron chi connectivity index (χ4n) is 4.59. The molecule has 0 aliphatic carbocycles. The first-order valence-corrected chi connectivity index (χ1v) is 12.4. The average Bonchev–Trinajstić information content (AvgIpc) is 3.12. The van der Waals surface area contributed by atoms with Gasteiger partial charge in [0, 0.05) is 13.3 Å². The second kappa shape index (κ2) is 16.2. The Balaban J connectivity index is 1.88. The zero-order chi connectivity index (χ0) is 20.5. The standard InChI is InChI=1S/C25H49N2O/c1-4-6-7-8-9-10-11-12-13-14-15-16-17-18-19-20-21-25-26-22-23-27(25,5-2)24(3)28/h4,6,24,28H,5,7-23H2,1-3H3/q+1/b6-4+. The van der Waals surface area contributed by atoms with Crippen LogP contribution in [0.4, 0.5) is 0 Å². The molecule has 164 valence electrons. The molecule has 1 rings (SSSR count). The van der Waals surface area contributed by atoms with Crippen molar-refractivity contribution in [3.05, 3.63) is 12.2 Å². The lowest BCUT2D eigenvalue weighted by atomic mass is 10.0. The second-order valence-corrected chi connectivity index (χ2v) is 8.71. The van der Waals surface area contributed by atoms with Crippen LogP contribution in [0.5, 0.6) is 0 Å². The predicted octanol–water partition coefficient (Wildman–Crippen LogP) is 7.00. The number of aliphatic hydroxyl groups is 1. The van der Waals surface area contributed by atoms with Crippen molar-refractivity contribution in [2.75, 3.05) is 19.6 Å². The Morgan fingerprint density at radius 3 is 1.86 bits per heavy atom. The number of likely N-dealkylation sites (N-methyl/N-ethyl adjacent to an activating group) is 1. The maximum absolute atomic E-state index is 10.2. The van der Waals surface area contributed by atoms with Crippen LogP contribution in [0.3, 0.4) is 0 Å². The largest absolute Gasteiger partial charge is 0.345 e. The molecule has 0 aromatic carbocycles. The smallest absolute Gasteiger partial charge is 0.200 e. The number of aliphatic hydroxyl groups excluding tert-OH is 1. The first kappa shape index (κ1) is 25.4. The highest BCUT2D eigenvalue weighted by Gasteiger charge is 2.40. The third-order valence-electron chi connectivity index (χ3n) is 6.59. The van der Waals surface area contributed by atoms with Gasteiger partial charge >= 0.3 is 0 Å². The minimum atomic E-state index is -0.315. The number of allylic oxidation sites excluding steroid dienone is 2. The lowest BCUT2D eigenvalue weighted by molar-refractivity contribution is -0.882. The van der Waals surface area contributed by atoms with Gasteiger partial charge in [0.1, 0.15) is 6.54 Å². The van der Waals surface area contributed by atoms with Crippen molar-refractivity contribution in [1.29, 1.82) is 0 Å². The SMILES string of the molecule is C/C=C/CCCCCCCCCCCCCCCC1=NCC[N+]1(CC)C(C)O. The van der Waals surface area contributed by atoms with E-state index < -0.39 is 0 Å². The molecule has 28 heavy (non-hydrogen) atoms. The summed E-state index contributed by atoms with van der Waals surface area (Å²) >= 11 is 0. The number of unbranched alkanes of at least 4 members (excludes halogenated alkanes) is 13. The van der Waals surface area contributed by atoms with E-state index in [1.54, 1.807) is 0 Å². The quantitative estimate of drug-likeness (QED) is 0.152. The Labute approximate surface area is 175 Å². The molecule has 0 aromatic heterocycles. The Bertz CT molecular complexity index is 430. The van der Waals surface area contributed by atoms with E-state index in [1.807, 2.05) is 6.92 Å².